The first-order valence-corrected chi connectivity index (χ1v) is 11.3. The molecule has 7 rings (SSSR count). The Balaban J connectivity index is 1.14. The Labute approximate surface area is 162 Å². The lowest BCUT2D eigenvalue weighted by molar-refractivity contribution is -0.0113. The summed E-state index contributed by atoms with van der Waals surface area (Å²) in [6.45, 7) is 2.91. The molecule has 6 aliphatic rings. The van der Waals surface area contributed by atoms with Crippen molar-refractivity contribution in [3.63, 3.8) is 0 Å². The third-order valence-corrected chi connectivity index (χ3v) is 8.25. The topological polar surface area (TPSA) is 45.5 Å². The van der Waals surface area contributed by atoms with Crippen molar-refractivity contribution >= 4 is 6.03 Å². The lowest BCUT2D eigenvalue weighted by atomic mass is 9.54. The maximum absolute atomic E-state index is 13.2. The average Bonchev–Trinajstić information content (AvgIpc) is 3.55. The molecule has 1 aromatic rings. The number of rotatable bonds is 5. The predicted octanol–water partition coefficient (Wildman–Crippen LogP) is 4.90. The van der Waals surface area contributed by atoms with E-state index in [9.17, 15) is 4.79 Å². The number of furan rings is 1. The highest BCUT2D eigenvalue weighted by molar-refractivity contribution is 5.75. The fourth-order valence-electron chi connectivity index (χ4n) is 6.70. The van der Waals surface area contributed by atoms with Gasteiger partial charge in [0.25, 0.3) is 0 Å². The zero-order valence-electron chi connectivity index (χ0n) is 16.4. The fourth-order valence-corrected chi connectivity index (χ4v) is 6.70. The summed E-state index contributed by atoms with van der Waals surface area (Å²) < 4.78 is 6.10. The molecule has 4 nitrogen and oxygen atoms in total. The van der Waals surface area contributed by atoms with Crippen LogP contribution in [0.3, 0.4) is 0 Å². The Bertz CT molecular complexity index is 708. The van der Waals surface area contributed by atoms with Gasteiger partial charge >= 0.3 is 6.03 Å². The van der Waals surface area contributed by atoms with Gasteiger partial charge in [-0.15, -0.1) is 0 Å². The first kappa shape index (κ1) is 16.5. The van der Waals surface area contributed by atoms with E-state index in [0.29, 0.717) is 24.5 Å². The molecule has 4 heteroatoms. The second-order valence-corrected chi connectivity index (χ2v) is 10.4. The van der Waals surface area contributed by atoms with E-state index in [0.717, 1.165) is 54.0 Å². The van der Waals surface area contributed by atoms with E-state index in [2.05, 4.69) is 29.3 Å². The molecule has 2 unspecified atom stereocenters. The number of urea groups is 1. The minimum atomic E-state index is 0.160. The molecule has 0 spiro atoms. The minimum Gasteiger partial charge on any atom is -0.464 e. The maximum Gasteiger partial charge on any atom is 0.318 e. The van der Waals surface area contributed by atoms with Gasteiger partial charge in [0.15, 0.2) is 0 Å². The van der Waals surface area contributed by atoms with Crippen molar-refractivity contribution in [1.82, 2.24) is 10.2 Å². The quantitative estimate of drug-likeness (QED) is 0.803. The molecule has 0 radical (unpaired) electrons. The molecule has 27 heavy (non-hydrogen) atoms. The van der Waals surface area contributed by atoms with Crippen LogP contribution in [0.1, 0.15) is 75.7 Å². The molecule has 6 saturated carbocycles. The summed E-state index contributed by atoms with van der Waals surface area (Å²) in [6, 6.07) is 5.21. The van der Waals surface area contributed by atoms with Gasteiger partial charge in [0.2, 0.25) is 0 Å². The van der Waals surface area contributed by atoms with Crippen molar-refractivity contribution < 1.29 is 9.21 Å². The molecular formula is C23H32N2O2. The van der Waals surface area contributed by atoms with E-state index in [1.54, 1.807) is 0 Å². The summed E-state index contributed by atoms with van der Waals surface area (Å²) in [5.74, 6) is 6.80. The van der Waals surface area contributed by atoms with Crippen LogP contribution >= 0.6 is 0 Å². The van der Waals surface area contributed by atoms with Gasteiger partial charge in [-0.3, -0.25) is 0 Å². The van der Waals surface area contributed by atoms with Gasteiger partial charge in [-0.25, -0.2) is 4.79 Å². The molecule has 146 valence electrons. The Morgan fingerprint density at radius 1 is 1.07 bits per heavy atom. The molecule has 0 aliphatic heterocycles. The minimum absolute atomic E-state index is 0.160. The number of hydrogen-bond donors (Lipinski definition) is 1. The van der Waals surface area contributed by atoms with E-state index in [4.69, 9.17) is 4.42 Å². The summed E-state index contributed by atoms with van der Waals surface area (Å²) >= 11 is 0. The van der Waals surface area contributed by atoms with E-state index in [1.807, 2.05) is 0 Å². The van der Waals surface area contributed by atoms with Crippen molar-refractivity contribution in [2.24, 2.45) is 29.6 Å². The zero-order valence-corrected chi connectivity index (χ0v) is 16.4. The Morgan fingerprint density at radius 2 is 1.74 bits per heavy atom. The molecule has 6 aliphatic carbocycles. The molecule has 0 saturated heterocycles. The molecule has 1 N–H and O–H groups in total. The third-order valence-electron chi connectivity index (χ3n) is 8.25. The zero-order chi connectivity index (χ0) is 18.1. The van der Waals surface area contributed by atoms with Crippen LogP contribution in [0.4, 0.5) is 4.79 Å². The number of carbonyl (C=O) groups excluding carboxylic acids is 1. The first-order chi connectivity index (χ1) is 13.1. The fraction of sp³-hybridized carbons (Fsp3) is 0.783. The van der Waals surface area contributed by atoms with E-state index < -0.39 is 0 Å². The van der Waals surface area contributed by atoms with Gasteiger partial charge in [0.05, 0.1) is 6.54 Å². The van der Waals surface area contributed by atoms with Gasteiger partial charge < -0.3 is 14.6 Å². The first-order valence-electron chi connectivity index (χ1n) is 11.3. The molecule has 1 heterocycles. The molecule has 6 fully saturated rings. The molecular weight excluding hydrogens is 336 g/mol. The van der Waals surface area contributed by atoms with Crippen LogP contribution in [-0.4, -0.2) is 23.0 Å². The van der Waals surface area contributed by atoms with Crippen molar-refractivity contribution in [2.75, 3.05) is 0 Å². The van der Waals surface area contributed by atoms with Gasteiger partial charge in [-0.2, -0.15) is 0 Å². The number of carbonyl (C=O) groups is 1. The lowest BCUT2D eigenvalue weighted by Crippen LogP contribution is -2.58. The average molecular weight is 369 g/mol. The van der Waals surface area contributed by atoms with Gasteiger partial charge in [0, 0.05) is 18.0 Å². The summed E-state index contributed by atoms with van der Waals surface area (Å²) in [6.07, 6.45) is 10.4. The Morgan fingerprint density at radius 3 is 2.33 bits per heavy atom. The van der Waals surface area contributed by atoms with Gasteiger partial charge in [-0.1, -0.05) is 6.92 Å². The third kappa shape index (κ3) is 3.00. The maximum atomic E-state index is 13.2. The van der Waals surface area contributed by atoms with E-state index in [-0.39, 0.29) is 6.03 Å². The second kappa shape index (κ2) is 6.02. The number of amides is 2. The van der Waals surface area contributed by atoms with Crippen molar-refractivity contribution in [1.29, 1.82) is 0 Å². The van der Waals surface area contributed by atoms with Crippen LogP contribution < -0.4 is 5.32 Å². The normalized spacial score (nSPS) is 41.6. The molecule has 4 bridgehead atoms. The van der Waals surface area contributed by atoms with E-state index in [1.165, 1.54) is 38.5 Å². The predicted molar refractivity (Wildman–Crippen MR) is 103 cm³/mol. The molecule has 2 atom stereocenters. The second-order valence-electron chi connectivity index (χ2n) is 10.4. The number of nitrogens with one attached hydrogen (secondary N) is 1. The number of hydrogen-bond acceptors (Lipinski definition) is 2. The molecule has 1 aromatic heterocycles. The monoisotopic (exact) mass is 368 g/mol. The Hall–Kier alpha value is -1.45. The SMILES string of the molecule is CC1CC1c1ccc(CN(C(=O)NC2C3CC4CC(C3)CC2C4)C2CC2)o1. The van der Waals surface area contributed by atoms with Gasteiger partial charge in [-0.05, 0) is 93.1 Å². The van der Waals surface area contributed by atoms with Crippen LogP contribution in [0.5, 0.6) is 0 Å². The van der Waals surface area contributed by atoms with Crippen LogP contribution in [0.25, 0.3) is 0 Å². The van der Waals surface area contributed by atoms with Crippen LogP contribution in [-0.2, 0) is 6.54 Å². The van der Waals surface area contributed by atoms with Crippen molar-refractivity contribution in [2.45, 2.75) is 82.8 Å². The molecule has 2 amide bonds. The standard InChI is InChI=1S/C23H32N2O2/c1-13-6-20(13)21-5-4-19(27-21)12-25(18-2-3-18)23(26)24-22-16-8-14-7-15(10-16)11-17(22)9-14/h4-5,13-18,20,22H,2-3,6-12H2,1H3,(H,24,26). The summed E-state index contributed by atoms with van der Waals surface area (Å²) in [5.41, 5.74) is 0. The summed E-state index contributed by atoms with van der Waals surface area (Å²) in [7, 11) is 0. The highest BCUT2D eigenvalue weighted by atomic mass is 16.3. The van der Waals surface area contributed by atoms with Crippen molar-refractivity contribution in [3.8, 4) is 0 Å². The number of nitrogens with zero attached hydrogens (tertiary/aromatic N) is 1. The largest absolute Gasteiger partial charge is 0.464 e. The highest BCUT2D eigenvalue weighted by Crippen LogP contribution is 2.53. The molecule has 0 aromatic carbocycles. The smallest absolute Gasteiger partial charge is 0.318 e. The lowest BCUT2D eigenvalue weighted by Gasteiger charge is -2.54. The van der Waals surface area contributed by atoms with E-state index >= 15 is 0 Å². The van der Waals surface area contributed by atoms with Crippen LogP contribution in [0.2, 0.25) is 0 Å². The van der Waals surface area contributed by atoms with Gasteiger partial charge in [0.1, 0.15) is 11.5 Å². The highest BCUT2D eigenvalue weighted by Gasteiger charge is 2.49. The summed E-state index contributed by atoms with van der Waals surface area (Å²) in [5, 5.41) is 3.50. The Kier molecular flexibility index (Phi) is 3.68. The van der Waals surface area contributed by atoms with Crippen LogP contribution in [0, 0.1) is 29.6 Å². The summed E-state index contributed by atoms with van der Waals surface area (Å²) in [4.78, 5) is 15.3. The van der Waals surface area contributed by atoms with Crippen LogP contribution in [0.15, 0.2) is 16.5 Å². The van der Waals surface area contributed by atoms with Crippen molar-refractivity contribution in [3.05, 3.63) is 23.7 Å².